The Bertz CT molecular complexity index is 1180. The van der Waals surface area contributed by atoms with Gasteiger partial charge in [0.05, 0.1) is 11.9 Å². The number of hydrogen-bond acceptors (Lipinski definition) is 6. The molecule has 3 heterocycles. The van der Waals surface area contributed by atoms with Crippen LogP contribution in [0.15, 0.2) is 23.5 Å². The summed E-state index contributed by atoms with van der Waals surface area (Å²) < 4.78 is 0. The van der Waals surface area contributed by atoms with Crippen LogP contribution >= 0.6 is 11.3 Å². The summed E-state index contributed by atoms with van der Waals surface area (Å²) in [5.74, 6) is 1.05. The molecule has 7 heteroatoms. The molecule has 2 aromatic heterocycles. The van der Waals surface area contributed by atoms with Crippen LogP contribution in [0, 0.1) is 12.8 Å². The molecule has 5 rings (SSSR count). The van der Waals surface area contributed by atoms with Gasteiger partial charge in [0.25, 0.3) is 0 Å². The van der Waals surface area contributed by atoms with E-state index in [1.807, 2.05) is 20.1 Å². The number of rotatable bonds is 4. The van der Waals surface area contributed by atoms with E-state index in [0.29, 0.717) is 0 Å². The number of nitrogens with zero attached hydrogens (tertiary/aromatic N) is 3. The van der Waals surface area contributed by atoms with Crippen molar-refractivity contribution in [2.45, 2.75) is 52.6 Å². The predicted molar refractivity (Wildman–Crippen MR) is 122 cm³/mol. The highest BCUT2D eigenvalue weighted by Crippen LogP contribution is 2.41. The zero-order valence-corrected chi connectivity index (χ0v) is 18.3. The first kappa shape index (κ1) is 19.2. The third-order valence-electron chi connectivity index (χ3n) is 5.88. The molecule has 1 amide bonds. The van der Waals surface area contributed by atoms with Gasteiger partial charge in [-0.15, -0.1) is 11.3 Å². The number of hydrogen-bond donors (Lipinski definition) is 2. The lowest BCUT2D eigenvalue weighted by molar-refractivity contribution is -0.125. The summed E-state index contributed by atoms with van der Waals surface area (Å²) in [6.45, 7) is 6.88. The van der Waals surface area contributed by atoms with E-state index >= 15 is 0 Å². The second kappa shape index (κ2) is 7.47. The Labute approximate surface area is 179 Å². The molecule has 0 fully saturated rings. The molecule has 3 aromatic rings. The second-order valence-electron chi connectivity index (χ2n) is 8.47. The van der Waals surface area contributed by atoms with Gasteiger partial charge in [-0.3, -0.25) is 9.79 Å². The molecular formula is C23H25N5OS. The molecule has 2 aliphatic rings. The zero-order chi connectivity index (χ0) is 20.8. The van der Waals surface area contributed by atoms with Gasteiger partial charge in [0.15, 0.2) is 0 Å². The normalized spacial score (nSPS) is 17.3. The third-order valence-corrected chi connectivity index (χ3v) is 7.04. The van der Waals surface area contributed by atoms with Crippen molar-refractivity contribution in [1.82, 2.24) is 15.3 Å². The Balaban J connectivity index is 1.48. The van der Waals surface area contributed by atoms with Crippen molar-refractivity contribution in [3.05, 3.63) is 45.6 Å². The summed E-state index contributed by atoms with van der Waals surface area (Å²) in [5.41, 5.74) is 5.96. The first-order valence-corrected chi connectivity index (χ1v) is 11.3. The van der Waals surface area contributed by atoms with Crippen LogP contribution in [0.1, 0.15) is 47.4 Å². The lowest BCUT2D eigenvalue weighted by atomic mass is 9.87. The maximum Gasteiger partial charge on any atom is 0.223 e. The molecule has 0 bridgehead atoms. The Hall–Kier alpha value is -2.80. The summed E-state index contributed by atoms with van der Waals surface area (Å²) in [4.78, 5) is 28.3. The van der Waals surface area contributed by atoms with E-state index < -0.39 is 0 Å². The highest BCUT2D eigenvalue weighted by atomic mass is 32.1. The van der Waals surface area contributed by atoms with Crippen LogP contribution < -0.4 is 10.6 Å². The smallest absolute Gasteiger partial charge is 0.223 e. The fraction of sp³-hybridized carbons (Fsp3) is 0.391. The Morgan fingerprint density at radius 2 is 2.13 bits per heavy atom. The van der Waals surface area contributed by atoms with Crippen molar-refractivity contribution in [3.8, 4) is 0 Å². The second-order valence-corrected chi connectivity index (χ2v) is 9.55. The van der Waals surface area contributed by atoms with Crippen LogP contribution in [0.3, 0.4) is 0 Å². The summed E-state index contributed by atoms with van der Waals surface area (Å²) >= 11 is 1.70. The van der Waals surface area contributed by atoms with Crippen molar-refractivity contribution in [2.24, 2.45) is 10.9 Å². The molecule has 2 N–H and O–H groups in total. The minimum Gasteiger partial charge on any atom is -0.354 e. The van der Waals surface area contributed by atoms with Gasteiger partial charge in [-0.2, -0.15) is 0 Å². The molecule has 0 saturated heterocycles. The van der Waals surface area contributed by atoms with Crippen LogP contribution in [0.25, 0.3) is 10.2 Å². The maximum absolute atomic E-state index is 12.5. The molecule has 1 aromatic carbocycles. The van der Waals surface area contributed by atoms with Gasteiger partial charge in [-0.25, -0.2) is 9.97 Å². The van der Waals surface area contributed by atoms with Crippen molar-refractivity contribution in [2.75, 3.05) is 5.32 Å². The fourth-order valence-corrected chi connectivity index (χ4v) is 5.64. The van der Waals surface area contributed by atoms with E-state index in [-0.39, 0.29) is 17.9 Å². The minimum absolute atomic E-state index is 0.0376. The average Bonchev–Trinajstić information content (AvgIpc) is 3.31. The molecule has 0 saturated carbocycles. The minimum atomic E-state index is 0.0376. The molecule has 6 nitrogen and oxygen atoms in total. The van der Waals surface area contributed by atoms with Gasteiger partial charge in [-0.1, -0.05) is 6.07 Å². The van der Waals surface area contributed by atoms with Gasteiger partial charge < -0.3 is 10.6 Å². The van der Waals surface area contributed by atoms with Gasteiger partial charge in [0.1, 0.15) is 17.0 Å². The molecular weight excluding hydrogens is 394 g/mol. The number of aryl methyl sites for hydroxylation is 2. The maximum atomic E-state index is 12.5. The molecule has 30 heavy (non-hydrogen) atoms. The van der Waals surface area contributed by atoms with E-state index in [0.717, 1.165) is 47.5 Å². The van der Waals surface area contributed by atoms with Crippen LogP contribution in [0.5, 0.6) is 0 Å². The fourth-order valence-electron chi connectivity index (χ4n) is 4.38. The van der Waals surface area contributed by atoms with E-state index in [9.17, 15) is 4.79 Å². The highest BCUT2D eigenvalue weighted by Gasteiger charge is 2.29. The largest absolute Gasteiger partial charge is 0.354 e. The van der Waals surface area contributed by atoms with Crippen molar-refractivity contribution >= 4 is 45.2 Å². The first-order valence-electron chi connectivity index (χ1n) is 10.5. The summed E-state index contributed by atoms with van der Waals surface area (Å²) in [6.07, 6.45) is 6.08. The molecule has 1 aliphatic heterocycles. The van der Waals surface area contributed by atoms with Crippen molar-refractivity contribution in [1.29, 1.82) is 0 Å². The molecule has 0 radical (unpaired) electrons. The van der Waals surface area contributed by atoms with Crippen molar-refractivity contribution in [3.63, 3.8) is 0 Å². The third kappa shape index (κ3) is 3.37. The monoisotopic (exact) mass is 419 g/mol. The van der Waals surface area contributed by atoms with E-state index in [1.54, 1.807) is 17.7 Å². The van der Waals surface area contributed by atoms with Crippen LogP contribution in [-0.4, -0.2) is 28.1 Å². The summed E-state index contributed by atoms with van der Waals surface area (Å²) in [5, 5.41) is 7.72. The van der Waals surface area contributed by atoms with Crippen LogP contribution in [-0.2, 0) is 24.2 Å². The average molecular weight is 420 g/mol. The molecule has 1 aliphatic carbocycles. The number of amides is 1. The van der Waals surface area contributed by atoms with Gasteiger partial charge >= 0.3 is 0 Å². The predicted octanol–water partition coefficient (Wildman–Crippen LogP) is 4.31. The quantitative estimate of drug-likeness (QED) is 0.661. The standard InChI is InChI=1S/C23H25N5OS/c1-12(2)27-22(29)14-4-5-17-19(8-14)30-23-20(17)21(25-11-26-23)28-18-7-16-10-24-9-15(16)6-13(18)3/h6-7,10-12,14H,4-5,8-9H2,1-3H3,(H,27,29)(H,25,26,28). The number of nitrogens with one attached hydrogen (secondary N) is 2. The van der Waals surface area contributed by atoms with Gasteiger partial charge in [0, 0.05) is 28.7 Å². The van der Waals surface area contributed by atoms with E-state index in [1.165, 1.54) is 27.1 Å². The van der Waals surface area contributed by atoms with E-state index in [4.69, 9.17) is 0 Å². The van der Waals surface area contributed by atoms with Crippen LogP contribution in [0.4, 0.5) is 11.5 Å². The Morgan fingerprint density at radius 3 is 2.97 bits per heavy atom. The number of carbonyl (C=O) groups is 1. The molecule has 1 atom stereocenters. The van der Waals surface area contributed by atoms with Gasteiger partial charge in [0.2, 0.25) is 5.91 Å². The Kier molecular flexibility index (Phi) is 4.77. The SMILES string of the molecule is Cc1cc2c(cc1Nc1ncnc3sc4c(c13)CCC(C(=O)NC(C)C)C4)C=NC2. The number of benzene rings is 1. The molecule has 1 unspecified atom stereocenters. The highest BCUT2D eigenvalue weighted by molar-refractivity contribution is 7.19. The number of carbonyl (C=O) groups excluding carboxylic acids is 1. The number of anilines is 2. The number of fused-ring (bicyclic) bond motifs is 4. The first-order chi connectivity index (χ1) is 14.5. The number of aromatic nitrogens is 2. The number of thiophene rings is 1. The lowest BCUT2D eigenvalue weighted by Gasteiger charge is -2.23. The zero-order valence-electron chi connectivity index (χ0n) is 17.5. The summed E-state index contributed by atoms with van der Waals surface area (Å²) in [7, 11) is 0. The van der Waals surface area contributed by atoms with Gasteiger partial charge in [-0.05, 0) is 68.4 Å². The number of aliphatic imine (C=N–C) groups is 1. The summed E-state index contributed by atoms with van der Waals surface area (Å²) in [6, 6.07) is 4.52. The Morgan fingerprint density at radius 1 is 1.27 bits per heavy atom. The topological polar surface area (TPSA) is 79.3 Å². The molecule has 154 valence electrons. The van der Waals surface area contributed by atoms with Crippen LogP contribution in [0.2, 0.25) is 0 Å². The van der Waals surface area contributed by atoms with Crippen molar-refractivity contribution < 1.29 is 4.79 Å². The molecule has 0 spiro atoms. The van der Waals surface area contributed by atoms with E-state index in [2.05, 4.69) is 44.7 Å². The lowest BCUT2D eigenvalue weighted by Crippen LogP contribution is -2.37.